The molecule has 0 heterocycles. The summed E-state index contributed by atoms with van der Waals surface area (Å²) < 4.78 is 4.91. The minimum Gasteiger partial charge on any atom is -0.385 e. The molecule has 2 aliphatic carbocycles. The number of carbonyl (C=O) groups is 1. The molecular formula is C12H22N2O2. The van der Waals surface area contributed by atoms with E-state index in [1.165, 1.54) is 25.7 Å². The highest BCUT2D eigenvalue weighted by atomic mass is 16.5. The lowest BCUT2D eigenvalue weighted by atomic mass is 10.0. The van der Waals surface area contributed by atoms with E-state index in [1.54, 1.807) is 7.11 Å². The number of carbonyl (C=O) groups excluding carboxylic acids is 1. The van der Waals surface area contributed by atoms with Gasteiger partial charge < -0.3 is 15.8 Å². The Hall–Kier alpha value is -0.610. The summed E-state index contributed by atoms with van der Waals surface area (Å²) in [5, 5.41) is 3.00. The monoisotopic (exact) mass is 226 g/mol. The fourth-order valence-corrected chi connectivity index (χ4v) is 2.36. The van der Waals surface area contributed by atoms with Crippen LogP contribution in [-0.2, 0) is 9.53 Å². The molecule has 2 rings (SSSR count). The van der Waals surface area contributed by atoms with Gasteiger partial charge in [0.25, 0.3) is 0 Å². The molecule has 1 atom stereocenters. The molecule has 4 heteroatoms. The highest BCUT2D eigenvalue weighted by Crippen LogP contribution is 2.60. The van der Waals surface area contributed by atoms with Gasteiger partial charge in [-0.15, -0.1) is 0 Å². The van der Waals surface area contributed by atoms with Gasteiger partial charge in [0.05, 0.1) is 6.04 Å². The maximum Gasteiger partial charge on any atom is 0.237 e. The van der Waals surface area contributed by atoms with Crippen molar-refractivity contribution >= 4 is 5.91 Å². The highest BCUT2D eigenvalue weighted by Gasteiger charge is 2.53. The van der Waals surface area contributed by atoms with Crippen molar-refractivity contribution in [3.63, 3.8) is 0 Å². The van der Waals surface area contributed by atoms with Gasteiger partial charge in [-0.25, -0.2) is 0 Å². The quantitative estimate of drug-likeness (QED) is 0.670. The van der Waals surface area contributed by atoms with Crippen LogP contribution >= 0.6 is 0 Å². The molecule has 0 spiro atoms. The topological polar surface area (TPSA) is 64.3 Å². The van der Waals surface area contributed by atoms with Crippen LogP contribution in [0.2, 0.25) is 0 Å². The number of hydrogen-bond donors (Lipinski definition) is 2. The Morgan fingerprint density at radius 3 is 2.75 bits per heavy atom. The van der Waals surface area contributed by atoms with Gasteiger partial charge in [-0.05, 0) is 43.4 Å². The Morgan fingerprint density at radius 2 is 2.25 bits per heavy atom. The van der Waals surface area contributed by atoms with E-state index in [9.17, 15) is 4.79 Å². The molecule has 0 saturated heterocycles. The largest absolute Gasteiger partial charge is 0.385 e. The summed E-state index contributed by atoms with van der Waals surface area (Å²) in [4.78, 5) is 11.7. The average molecular weight is 226 g/mol. The molecule has 2 aliphatic rings. The van der Waals surface area contributed by atoms with E-state index in [1.807, 2.05) is 0 Å². The maximum atomic E-state index is 11.7. The van der Waals surface area contributed by atoms with E-state index < -0.39 is 6.04 Å². The molecule has 3 N–H and O–H groups in total. The van der Waals surface area contributed by atoms with Gasteiger partial charge in [-0.2, -0.15) is 0 Å². The van der Waals surface area contributed by atoms with Crippen molar-refractivity contribution in [2.45, 2.75) is 38.1 Å². The average Bonchev–Trinajstić information content (AvgIpc) is 3.14. The molecule has 1 amide bonds. The van der Waals surface area contributed by atoms with Gasteiger partial charge in [0, 0.05) is 20.3 Å². The minimum absolute atomic E-state index is 0.0241. The zero-order chi connectivity index (χ0) is 11.6. The Morgan fingerprint density at radius 1 is 1.56 bits per heavy atom. The number of hydrogen-bond acceptors (Lipinski definition) is 3. The molecule has 0 aliphatic heterocycles. The molecule has 0 aromatic carbocycles. The molecule has 0 bridgehead atoms. The molecule has 0 radical (unpaired) electrons. The van der Waals surface area contributed by atoms with Crippen LogP contribution in [0.1, 0.15) is 32.1 Å². The van der Waals surface area contributed by atoms with E-state index in [0.717, 1.165) is 12.5 Å². The lowest BCUT2D eigenvalue weighted by Gasteiger charge is -2.17. The predicted octanol–water partition coefficient (Wildman–Crippen LogP) is 0.657. The predicted molar refractivity (Wildman–Crippen MR) is 61.9 cm³/mol. The summed E-state index contributed by atoms with van der Waals surface area (Å²) in [5.74, 6) is 0.854. The van der Waals surface area contributed by atoms with Crippen molar-refractivity contribution in [3.05, 3.63) is 0 Å². The van der Waals surface area contributed by atoms with Gasteiger partial charge in [0.1, 0.15) is 0 Å². The summed E-state index contributed by atoms with van der Waals surface area (Å²) in [6.45, 7) is 1.37. The molecule has 92 valence electrons. The van der Waals surface area contributed by atoms with E-state index in [2.05, 4.69) is 5.32 Å². The number of nitrogens with one attached hydrogen (secondary N) is 1. The van der Waals surface area contributed by atoms with Crippen molar-refractivity contribution < 1.29 is 9.53 Å². The van der Waals surface area contributed by atoms with Crippen LogP contribution in [0.4, 0.5) is 0 Å². The first kappa shape index (κ1) is 11.9. The Balaban J connectivity index is 1.67. The van der Waals surface area contributed by atoms with Gasteiger partial charge >= 0.3 is 0 Å². The Bertz CT molecular complexity index is 260. The first-order valence-electron chi connectivity index (χ1n) is 6.20. The number of rotatable bonds is 7. The van der Waals surface area contributed by atoms with Gasteiger partial charge in [-0.1, -0.05) is 0 Å². The van der Waals surface area contributed by atoms with Crippen LogP contribution in [-0.4, -0.2) is 32.2 Å². The first-order valence-corrected chi connectivity index (χ1v) is 6.20. The number of nitrogens with two attached hydrogens (primary N) is 1. The Kier molecular flexibility index (Phi) is 3.50. The SMILES string of the molecule is COCCC(N)C(=O)NCC1(C2CC2)CC1. The van der Waals surface area contributed by atoms with Gasteiger partial charge in [0.2, 0.25) is 5.91 Å². The van der Waals surface area contributed by atoms with Crippen molar-refractivity contribution in [2.24, 2.45) is 17.1 Å². The number of amides is 1. The summed E-state index contributed by atoms with van der Waals surface area (Å²) in [6.07, 6.45) is 5.87. The number of methoxy groups -OCH3 is 1. The van der Waals surface area contributed by atoms with Crippen LogP contribution in [0.15, 0.2) is 0 Å². The summed E-state index contributed by atoms with van der Waals surface area (Å²) in [6, 6.07) is -0.421. The zero-order valence-corrected chi connectivity index (χ0v) is 10.00. The molecule has 16 heavy (non-hydrogen) atoms. The zero-order valence-electron chi connectivity index (χ0n) is 10.00. The molecule has 0 aromatic heterocycles. The van der Waals surface area contributed by atoms with E-state index in [4.69, 9.17) is 10.5 Å². The summed E-state index contributed by atoms with van der Waals surface area (Å²) in [7, 11) is 1.62. The van der Waals surface area contributed by atoms with Crippen molar-refractivity contribution in [2.75, 3.05) is 20.3 Å². The molecular weight excluding hydrogens is 204 g/mol. The minimum atomic E-state index is -0.421. The normalized spacial score (nSPS) is 23.9. The van der Waals surface area contributed by atoms with Crippen LogP contribution in [0.5, 0.6) is 0 Å². The smallest absolute Gasteiger partial charge is 0.237 e. The molecule has 1 unspecified atom stereocenters. The Labute approximate surface area is 96.9 Å². The van der Waals surface area contributed by atoms with Crippen LogP contribution in [0, 0.1) is 11.3 Å². The molecule has 2 fully saturated rings. The third kappa shape index (κ3) is 2.74. The third-order valence-corrected chi connectivity index (χ3v) is 3.92. The lowest BCUT2D eigenvalue weighted by Crippen LogP contribution is -2.43. The number of ether oxygens (including phenoxy) is 1. The van der Waals surface area contributed by atoms with E-state index in [0.29, 0.717) is 18.4 Å². The summed E-state index contributed by atoms with van der Waals surface area (Å²) in [5.41, 5.74) is 6.21. The van der Waals surface area contributed by atoms with E-state index in [-0.39, 0.29) is 5.91 Å². The fraction of sp³-hybridized carbons (Fsp3) is 0.917. The highest BCUT2D eigenvalue weighted by molar-refractivity contribution is 5.81. The van der Waals surface area contributed by atoms with Crippen LogP contribution in [0.25, 0.3) is 0 Å². The molecule has 2 saturated carbocycles. The van der Waals surface area contributed by atoms with Gasteiger partial charge in [0.15, 0.2) is 0 Å². The third-order valence-electron chi connectivity index (χ3n) is 3.92. The van der Waals surface area contributed by atoms with Gasteiger partial charge in [-0.3, -0.25) is 4.79 Å². The molecule has 4 nitrogen and oxygen atoms in total. The maximum absolute atomic E-state index is 11.7. The van der Waals surface area contributed by atoms with Crippen molar-refractivity contribution in [3.8, 4) is 0 Å². The molecule has 0 aromatic rings. The standard InChI is InChI=1S/C12H22N2O2/c1-16-7-4-10(13)11(15)14-8-12(5-6-12)9-2-3-9/h9-10H,2-8,13H2,1H3,(H,14,15). The van der Waals surface area contributed by atoms with Crippen molar-refractivity contribution in [1.29, 1.82) is 0 Å². The second kappa shape index (κ2) is 4.72. The fourth-order valence-electron chi connectivity index (χ4n) is 2.36. The van der Waals surface area contributed by atoms with Crippen molar-refractivity contribution in [1.82, 2.24) is 5.32 Å². The lowest BCUT2D eigenvalue weighted by molar-refractivity contribution is -0.123. The summed E-state index contributed by atoms with van der Waals surface area (Å²) >= 11 is 0. The van der Waals surface area contributed by atoms with Crippen LogP contribution in [0.3, 0.4) is 0 Å². The first-order chi connectivity index (χ1) is 7.68. The van der Waals surface area contributed by atoms with Crippen LogP contribution < -0.4 is 11.1 Å². The van der Waals surface area contributed by atoms with E-state index >= 15 is 0 Å². The second-order valence-electron chi connectivity index (χ2n) is 5.24. The second-order valence-corrected chi connectivity index (χ2v) is 5.24.